The van der Waals surface area contributed by atoms with Gasteiger partial charge in [0.25, 0.3) is 11.8 Å². The van der Waals surface area contributed by atoms with Crippen LogP contribution in [-0.4, -0.2) is 54.2 Å². The minimum atomic E-state index is -0.511. The van der Waals surface area contributed by atoms with Crippen molar-refractivity contribution in [1.82, 2.24) is 4.90 Å². The number of imide groups is 1. The number of β-amino-alcohol motifs (C(OH)–C–C–N with tert-alkyl or cyclic N) is 1. The predicted octanol–water partition coefficient (Wildman–Crippen LogP) is 0.300. The molecule has 1 aromatic rings. The number of nitrogens with one attached hydrogen (secondary N) is 1. The van der Waals surface area contributed by atoms with Gasteiger partial charge < -0.3 is 15.2 Å². The summed E-state index contributed by atoms with van der Waals surface area (Å²) in [6, 6.07) is 6.94. The molecule has 0 atom stereocenters. The highest BCUT2D eigenvalue weighted by Crippen LogP contribution is 2.30. The van der Waals surface area contributed by atoms with Gasteiger partial charge in [-0.2, -0.15) is 0 Å². The summed E-state index contributed by atoms with van der Waals surface area (Å²) < 4.78 is 4.92. The van der Waals surface area contributed by atoms with Gasteiger partial charge in [0.2, 0.25) is 0 Å². The first-order valence-corrected chi connectivity index (χ1v) is 7.10. The first kappa shape index (κ1) is 15.0. The summed E-state index contributed by atoms with van der Waals surface area (Å²) in [5.74, 6) is -0.993. The van der Waals surface area contributed by atoms with Crippen LogP contribution in [0.5, 0.6) is 0 Å². The highest BCUT2D eigenvalue weighted by molar-refractivity contribution is 6.17. The van der Waals surface area contributed by atoms with Crippen molar-refractivity contribution in [3.8, 4) is 0 Å². The summed E-state index contributed by atoms with van der Waals surface area (Å²) >= 11 is 0. The van der Waals surface area contributed by atoms with Crippen LogP contribution >= 0.6 is 0 Å². The lowest BCUT2D eigenvalue weighted by Gasteiger charge is -2.19. The molecular weight excluding hydrogens is 302 g/mol. The monoisotopic (exact) mass is 317 g/mol. The molecule has 3 rings (SSSR count). The third kappa shape index (κ3) is 2.76. The minimum absolute atomic E-state index is 0.0561. The largest absolute Gasteiger partial charge is 0.447 e. The van der Waals surface area contributed by atoms with Gasteiger partial charge in [-0.15, -0.1) is 0 Å². The van der Waals surface area contributed by atoms with Gasteiger partial charge >= 0.3 is 6.09 Å². The maximum absolute atomic E-state index is 12.2. The van der Waals surface area contributed by atoms with Crippen LogP contribution in [0.3, 0.4) is 0 Å². The fourth-order valence-corrected chi connectivity index (χ4v) is 2.48. The van der Waals surface area contributed by atoms with Gasteiger partial charge in [0.05, 0.1) is 31.1 Å². The molecular formula is C15H15N3O5. The van der Waals surface area contributed by atoms with Crippen molar-refractivity contribution in [3.05, 3.63) is 36.0 Å². The highest BCUT2D eigenvalue weighted by Gasteiger charge is 2.32. The highest BCUT2D eigenvalue weighted by atomic mass is 16.6. The van der Waals surface area contributed by atoms with Gasteiger partial charge in [-0.3, -0.25) is 19.4 Å². The minimum Gasteiger partial charge on any atom is -0.447 e. The lowest BCUT2D eigenvalue weighted by Crippen LogP contribution is -2.34. The molecule has 120 valence electrons. The van der Waals surface area contributed by atoms with E-state index in [2.05, 4.69) is 5.32 Å². The molecule has 0 spiro atoms. The number of aliphatic hydroxyl groups is 1. The van der Waals surface area contributed by atoms with Crippen LogP contribution in [0.4, 0.5) is 16.2 Å². The number of amides is 3. The molecule has 1 saturated heterocycles. The number of carbonyl (C=O) groups excluding carboxylic acids is 3. The van der Waals surface area contributed by atoms with Crippen molar-refractivity contribution in [2.75, 3.05) is 36.5 Å². The van der Waals surface area contributed by atoms with Crippen molar-refractivity contribution >= 4 is 29.3 Å². The topological polar surface area (TPSA) is 99.2 Å². The van der Waals surface area contributed by atoms with E-state index in [9.17, 15) is 14.4 Å². The molecule has 1 fully saturated rings. The van der Waals surface area contributed by atoms with Crippen LogP contribution in [0, 0.1) is 0 Å². The van der Waals surface area contributed by atoms with Gasteiger partial charge in [0.1, 0.15) is 12.3 Å². The molecule has 2 heterocycles. The molecule has 0 bridgehead atoms. The Morgan fingerprint density at radius 3 is 2.70 bits per heavy atom. The van der Waals surface area contributed by atoms with Gasteiger partial charge in [-0.25, -0.2) is 4.79 Å². The van der Waals surface area contributed by atoms with E-state index in [4.69, 9.17) is 9.84 Å². The summed E-state index contributed by atoms with van der Waals surface area (Å²) in [7, 11) is 0. The van der Waals surface area contributed by atoms with E-state index in [0.717, 1.165) is 4.90 Å². The summed E-state index contributed by atoms with van der Waals surface area (Å²) in [5, 5.41) is 11.8. The van der Waals surface area contributed by atoms with Crippen molar-refractivity contribution in [2.24, 2.45) is 0 Å². The number of para-hydroxylation sites is 2. The maximum atomic E-state index is 12.2. The average molecular weight is 317 g/mol. The van der Waals surface area contributed by atoms with Crippen molar-refractivity contribution in [2.45, 2.75) is 0 Å². The Morgan fingerprint density at radius 2 is 2.00 bits per heavy atom. The molecule has 0 aliphatic carbocycles. The Labute approximate surface area is 131 Å². The SMILES string of the molecule is O=C1C=C(Nc2ccccc2N2CCOC2=O)C(=O)N1CCO. The Bertz CT molecular complexity index is 700. The number of cyclic esters (lactones) is 1. The third-order valence-corrected chi connectivity index (χ3v) is 3.56. The van der Waals surface area contributed by atoms with Crippen LogP contribution in [0.2, 0.25) is 0 Å². The zero-order valence-electron chi connectivity index (χ0n) is 12.2. The zero-order valence-corrected chi connectivity index (χ0v) is 12.2. The summed E-state index contributed by atoms with van der Waals surface area (Å²) in [4.78, 5) is 38.1. The van der Waals surface area contributed by atoms with Crippen LogP contribution in [0.1, 0.15) is 0 Å². The number of aliphatic hydroxyl groups excluding tert-OH is 1. The molecule has 0 saturated carbocycles. The van der Waals surface area contributed by atoms with Gasteiger partial charge in [0, 0.05) is 6.08 Å². The Balaban J connectivity index is 1.84. The number of carbonyl (C=O) groups is 3. The lowest BCUT2D eigenvalue weighted by molar-refractivity contribution is -0.137. The van der Waals surface area contributed by atoms with Gasteiger partial charge in [0.15, 0.2) is 0 Å². The first-order chi connectivity index (χ1) is 11.1. The second-order valence-electron chi connectivity index (χ2n) is 4.98. The molecule has 8 heteroatoms. The molecule has 0 radical (unpaired) electrons. The van der Waals surface area contributed by atoms with E-state index in [1.54, 1.807) is 24.3 Å². The van der Waals surface area contributed by atoms with E-state index >= 15 is 0 Å². The summed E-state index contributed by atoms with van der Waals surface area (Å²) in [6.07, 6.45) is 0.723. The molecule has 2 N–H and O–H groups in total. The molecule has 3 amide bonds. The van der Waals surface area contributed by atoms with Crippen LogP contribution < -0.4 is 10.2 Å². The predicted molar refractivity (Wildman–Crippen MR) is 80.6 cm³/mol. The Morgan fingerprint density at radius 1 is 1.22 bits per heavy atom. The number of anilines is 2. The second kappa shape index (κ2) is 6.09. The Kier molecular flexibility index (Phi) is 3.98. The normalized spacial score (nSPS) is 17.6. The average Bonchev–Trinajstić information content (AvgIpc) is 3.07. The molecule has 2 aliphatic heterocycles. The zero-order chi connectivity index (χ0) is 16.4. The molecule has 0 aromatic heterocycles. The van der Waals surface area contributed by atoms with E-state index in [-0.39, 0.29) is 18.8 Å². The van der Waals surface area contributed by atoms with Crippen molar-refractivity contribution in [1.29, 1.82) is 0 Å². The van der Waals surface area contributed by atoms with Crippen LogP contribution in [-0.2, 0) is 14.3 Å². The summed E-state index contributed by atoms with van der Waals surface area (Å²) in [6.45, 7) is 0.367. The number of ether oxygens (including phenoxy) is 1. The lowest BCUT2D eigenvalue weighted by atomic mass is 10.2. The molecule has 8 nitrogen and oxygen atoms in total. The van der Waals surface area contributed by atoms with Crippen LogP contribution in [0.15, 0.2) is 36.0 Å². The van der Waals surface area contributed by atoms with Crippen molar-refractivity contribution < 1.29 is 24.2 Å². The van der Waals surface area contributed by atoms with Gasteiger partial charge in [-0.05, 0) is 12.1 Å². The Hall–Kier alpha value is -2.87. The van der Waals surface area contributed by atoms with E-state index in [1.165, 1.54) is 11.0 Å². The second-order valence-corrected chi connectivity index (χ2v) is 4.98. The quantitative estimate of drug-likeness (QED) is 0.758. The third-order valence-electron chi connectivity index (χ3n) is 3.56. The molecule has 0 unspecified atom stereocenters. The number of benzene rings is 1. The van der Waals surface area contributed by atoms with Gasteiger partial charge in [-0.1, -0.05) is 12.1 Å². The van der Waals surface area contributed by atoms with E-state index < -0.39 is 17.9 Å². The smallest absolute Gasteiger partial charge is 0.414 e. The number of nitrogens with zero attached hydrogens (tertiary/aromatic N) is 2. The number of hydrogen-bond acceptors (Lipinski definition) is 6. The molecule has 23 heavy (non-hydrogen) atoms. The fourth-order valence-electron chi connectivity index (χ4n) is 2.48. The fraction of sp³-hybridized carbons (Fsp3) is 0.267. The standard InChI is InChI=1S/C15H15N3O5/c19-7-5-18-13(20)9-11(14(18)21)16-10-3-1-2-4-12(10)17-6-8-23-15(17)22/h1-4,9,16,19H,5-8H2. The first-order valence-electron chi connectivity index (χ1n) is 7.10. The molecule has 1 aromatic carbocycles. The molecule has 2 aliphatic rings. The van der Waals surface area contributed by atoms with Crippen molar-refractivity contribution in [3.63, 3.8) is 0 Å². The van der Waals surface area contributed by atoms with Crippen LogP contribution in [0.25, 0.3) is 0 Å². The number of rotatable bonds is 5. The van der Waals surface area contributed by atoms with E-state index in [0.29, 0.717) is 24.5 Å². The number of hydrogen-bond donors (Lipinski definition) is 2. The van der Waals surface area contributed by atoms with E-state index in [1.807, 2.05) is 0 Å². The summed E-state index contributed by atoms with van der Waals surface area (Å²) in [5.41, 5.74) is 1.19. The maximum Gasteiger partial charge on any atom is 0.414 e.